The number of likely N-dealkylation sites (tertiary alicyclic amines) is 1. The number of aliphatic hydroxyl groups excluding tert-OH is 1. The summed E-state index contributed by atoms with van der Waals surface area (Å²) in [5.41, 5.74) is 0.370. The molecule has 0 spiro atoms. The summed E-state index contributed by atoms with van der Waals surface area (Å²) in [5.74, 6) is -3.03. The molecule has 1 aliphatic rings. The van der Waals surface area contributed by atoms with E-state index in [1.165, 1.54) is 0 Å². The first kappa shape index (κ1) is 19.4. The van der Waals surface area contributed by atoms with Crippen LogP contribution in [0.1, 0.15) is 36.5 Å². The molecule has 0 bridgehead atoms. The van der Waals surface area contributed by atoms with Crippen LogP contribution in [0.3, 0.4) is 0 Å². The first-order valence-corrected chi connectivity index (χ1v) is 8.70. The molecule has 2 rings (SSSR count). The number of aliphatic hydroxyl groups is 1. The van der Waals surface area contributed by atoms with E-state index >= 15 is 0 Å². The maximum absolute atomic E-state index is 12.8. The van der Waals surface area contributed by atoms with Crippen molar-refractivity contribution < 1.29 is 24.2 Å². The third kappa shape index (κ3) is 5.31. The highest BCUT2D eigenvalue weighted by Gasteiger charge is 2.21. The van der Waals surface area contributed by atoms with Crippen molar-refractivity contribution >= 4 is 17.5 Å². The summed E-state index contributed by atoms with van der Waals surface area (Å²) in [6.07, 6.45) is 5.42. The average molecular weight is 357 g/mol. The minimum atomic E-state index is -1.07. The van der Waals surface area contributed by atoms with Crippen LogP contribution in [-0.4, -0.2) is 47.2 Å². The minimum Gasteiger partial charge on any atom is -0.507 e. The zero-order valence-corrected chi connectivity index (χ0v) is 14.8. The van der Waals surface area contributed by atoms with E-state index in [0.29, 0.717) is 5.56 Å². The SMILES string of the molecule is CCOC(=O)C(=O)/C=C(O)/C(=C\N1CCCCC1)C(=O)c1ccccc1. The van der Waals surface area contributed by atoms with Crippen molar-refractivity contribution in [3.8, 4) is 0 Å². The Hall–Kier alpha value is -2.89. The molecule has 1 aliphatic heterocycles. The molecule has 1 heterocycles. The summed E-state index contributed by atoms with van der Waals surface area (Å²) in [5, 5.41) is 10.4. The lowest BCUT2D eigenvalue weighted by molar-refractivity contribution is -0.151. The zero-order chi connectivity index (χ0) is 18.9. The van der Waals surface area contributed by atoms with Gasteiger partial charge in [0.25, 0.3) is 5.78 Å². The van der Waals surface area contributed by atoms with Gasteiger partial charge in [-0.25, -0.2) is 4.79 Å². The maximum Gasteiger partial charge on any atom is 0.379 e. The monoisotopic (exact) mass is 357 g/mol. The number of ketones is 2. The van der Waals surface area contributed by atoms with Gasteiger partial charge in [0, 0.05) is 30.9 Å². The molecule has 6 heteroatoms. The van der Waals surface area contributed by atoms with Crippen LogP contribution in [0.25, 0.3) is 0 Å². The maximum atomic E-state index is 12.8. The lowest BCUT2D eigenvalue weighted by atomic mass is 10.0. The van der Waals surface area contributed by atoms with Gasteiger partial charge in [-0.1, -0.05) is 30.3 Å². The first-order chi connectivity index (χ1) is 12.5. The Morgan fingerprint density at radius 3 is 2.38 bits per heavy atom. The number of Topliss-reactive ketones (excluding diaryl/α,β-unsaturated/α-hetero) is 1. The van der Waals surface area contributed by atoms with Gasteiger partial charge in [0.15, 0.2) is 5.78 Å². The molecule has 1 fully saturated rings. The number of esters is 1. The van der Waals surface area contributed by atoms with Gasteiger partial charge in [0.1, 0.15) is 5.76 Å². The van der Waals surface area contributed by atoms with Crippen LogP contribution in [0.15, 0.2) is 53.9 Å². The van der Waals surface area contributed by atoms with E-state index in [2.05, 4.69) is 4.74 Å². The Morgan fingerprint density at radius 1 is 1.12 bits per heavy atom. The van der Waals surface area contributed by atoms with E-state index in [-0.39, 0.29) is 12.2 Å². The quantitative estimate of drug-likeness (QED) is 0.202. The molecule has 1 N–H and O–H groups in total. The predicted octanol–water partition coefficient (Wildman–Crippen LogP) is 2.81. The number of piperidine rings is 1. The highest BCUT2D eigenvalue weighted by Crippen LogP contribution is 2.18. The standard InChI is InChI=1S/C20H23NO5/c1-2-26-20(25)18(23)13-17(22)16(14-21-11-7-4-8-12-21)19(24)15-9-5-3-6-10-15/h3,5-6,9-10,13-14,22H,2,4,7-8,11-12H2,1H3/b16-14+,17-13-. The second-order valence-electron chi connectivity index (χ2n) is 5.95. The van der Waals surface area contributed by atoms with Gasteiger partial charge in [0.05, 0.1) is 12.2 Å². The van der Waals surface area contributed by atoms with E-state index < -0.39 is 23.3 Å². The number of carbonyl (C=O) groups is 3. The van der Waals surface area contributed by atoms with E-state index in [9.17, 15) is 19.5 Å². The fraction of sp³-hybridized carbons (Fsp3) is 0.350. The molecule has 0 saturated carbocycles. The largest absolute Gasteiger partial charge is 0.507 e. The normalized spacial score (nSPS) is 15.5. The van der Waals surface area contributed by atoms with Crippen LogP contribution in [-0.2, 0) is 14.3 Å². The summed E-state index contributed by atoms with van der Waals surface area (Å²) in [6, 6.07) is 8.48. The lowest BCUT2D eigenvalue weighted by Gasteiger charge is -2.26. The third-order valence-electron chi connectivity index (χ3n) is 4.00. The van der Waals surface area contributed by atoms with Gasteiger partial charge in [-0.05, 0) is 26.2 Å². The summed E-state index contributed by atoms with van der Waals surface area (Å²) < 4.78 is 4.62. The molecule has 0 aliphatic carbocycles. The highest BCUT2D eigenvalue weighted by atomic mass is 16.5. The van der Waals surface area contributed by atoms with Crippen molar-refractivity contribution in [2.45, 2.75) is 26.2 Å². The van der Waals surface area contributed by atoms with E-state index in [1.807, 2.05) is 4.90 Å². The van der Waals surface area contributed by atoms with Crippen LogP contribution in [0, 0.1) is 0 Å². The fourth-order valence-electron chi connectivity index (χ4n) is 2.68. The number of carbonyl (C=O) groups excluding carboxylic acids is 3. The molecule has 0 aromatic heterocycles. The molecule has 1 saturated heterocycles. The smallest absolute Gasteiger partial charge is 0.379 e. The van der Waals surface area contributed by atoms with Crippen molar-refractivity contribution in [3.63, 3.8) is 0 Å². The third-order valence-corrected chi connectivity index (χ3v) is 4.00. The predicted molar refractivity (Wildman–Crippen MR) is 96.6 cm³/mol. The number of rotatable bonds is 7. The van der Waals surface area contributed by atoms with Crippen LogP contribution < -0.4 is 0 Å². The van der Waals surface area contributed by atoms with E-state index in [1.54, 1.807) is 43.5 Å². The van der Waals surface area contributed by atoms with Crippen LogP contribution in [0.4, 0.5) is 0 Å². The molecule has 0 amide bonds. The Kier molecular flexibility index (Phi) is 7.14. The van der Waals surface area contributed by atoms with Crippen LogP contribution >= 0.6 is 0 Å². The number of benzene rings is 1. The molecule has 1 aromatic rings. The summed E-state index contributed by atoms with van der Waals surface area (Å²) in [4.78, 5) is 38.1. The summed E-state index contributed by atoms with van der Waals surface area (Å²) in [7, 11) is 0. The van der Waals surface area contributed by atoms with Gasteiger partial charge in [0.2, 0.25) is 0 Å². The van der Waals surface area contributed by atoms with Crippen molar-refractivity contribution in [3.05, 3.63) is 59.5 Å². The lowest BCUT2D eigenvalue weighted by Crippen LogP contribution is -2.26. The van der Waals surface area contributed by atoms with E-state index in [0.717, 1.165) is 38.4 Å². The van der Waals surface area contributed by atoms with Crippen molar-refractivity contribution in [1.29, 1.82) is 0 Å². The molecule has 138 valence electrons. The van der Waals surface area contributed by atoms with Crippen LogP contribution in [0.2, 0.25) is 0 Å². The highest BCUT2D eigenvalue weighted by molar-refractivity contribution is 6.38. The van der Waals surface area contributed by atoms with Crippen molar-refractivity contribution in [2.75, 3.05) is 19.7 Å². The van der Waals surface area contributed by atoms with Gasteiger partial charge in [-0.2, -0.15) is 0 Å². The zero-order valence-electron chi connectivity index (χ0n) is 14.8. The van der Waals surface area contributed by atoms with Crippen molar-refractivity contribution in [1.82, 2.24) is 4.90 Å². The van der Waals surface area contributed by atoms with Gasteiger partial charge in [-0.3, -0.25) is 9.59 Å². The number of allylic oxidation sites excluding steroid dienone is 1. The Balaban J connectivity index is 2.33. The molecule has 0 unspecified atom stereocenters. The topological polar surface area (TPSA) is 83.9 Å². The number of ether oxygens (including phenoxy) is 1. The molecule has 0 radical (unpaired) electrons. The second kappa shape index (κ2) is 9.56. The number of hydrogen-bond donors (Lipinski definition) is 1. The number of hydrogen-bond acceptors (Lipinski definition) is 6. The Labute approximate surface area is 152 Å². The first-order valence-electron chi connectivity index (χ1n) is 8.70. The Bertz CT molecular complexity index is 715. The van der Waals surface area contributed by atoms with Crippen molar-refractivity contribution in [2.24, 2.45) is 0 Å². The molecule has 6 nitrogen and oxygen atoms in total. The van der Waals surface area contributed by atoms with Gasteiger partial charge in [-0.15, -0.1) is 0 Å². The fourth-order valence-corrected chi connectivity index (χ4v) is 2.68. The van der Waals surface area contributed by atoms with Gasteiger partial charge >= 0.3 is 5.97 Å². The Morgan fingerprint density at radius 2 is 1.77 bits per heavy atom. The van der Waals surface area contributed by atoms with Gasteiger partial charge < -0.3 is 14.7 Å². The summed E-state index contributed by atoms with van der Waals surface area (Å²) >= 11 is 0. The molecule has 26 heavy (non-hydrogen) atoms. The second-order valence-corrected chi connectivity index (χ2v) is 5.95. The van der Waals surface area contributed by atoms with Crippen LogP contribution in [0.5, 0.6) is 0 Å². The molecular formula is C20H23NO5. The average Bonchev–Trinajstić information content (AvgIpc) is 2.67. The molecule has 1 aromatic carbocycles. The molecule has 0 atom stereocenters. The minimum absolute atomic E-state index is 0.0178. The molecular weight excluding hydrogens is 334 g/mol. The summed E-state index contributed by atoms with van der Waals surface area (Å²) in [6.45, 7) is 3.17. The van der Waals surface area contributed by atoms with E-state index in [4.69, 9.17) is 0 Å². The number of nitrogens with zero attached hydrogens (tertiary/aromatic N) is 1.